The number of halogens is 4. The van der Waals surface area contributed by atoms with Gasteiger partial charge in [0.15, 0.2) is 0 Å². The molecular weight excluding hydrogens is 669 g/mol. The van der Waals surface area contributed by atoms with Gasteiger partial charge in [-0.3, -0.25) is 14.4 Å². The van der Waals surface area contributed by atoms with Gasteiger partial charge in [0.25, 0.3) is 17.4 Å². The maximum atomic E-state index is 14.3. The number of nitrogens with one attached hydrogen (secondary N) is 1. The van der Waals surface area contributed by atoms with Gasteiger partial charge in [-0.2, -0.15) is 18.3 Å². The van der Waals surface area contributed by atoms with Crippen LogP contribution in [-0.4, -0.2) is 56.2 Å². The average molecular weight is 702 g/mol. The van der Waals surface area contributed by atoms with Crippen molar-refractivity contribution >= 4 is 27.7 Å². The molecule has 46 heavy (non-hydrogen) atoms. The summed E-state index contributed by atoms with van der Waals surface area (Å²) in [7, 11) is 2.92. The Morgan fingerprint density at radius 3 is 2.46 bits per heavy atom. The number of alkyl halides is 3. The Bertz CT molecular complexity index is 1920. The molecule has 0 saturated heterocycles. The van der Waals surface area contributed by atoms with Gasteiger partial charge in [0.2, 0.25) is 5.95 Å². The van der Waals surface area contributed by atoms with E-state index < -0.39 is 29.2 Å². The van der Waals surface area contributed by atoms with Crippen molar-refractivity contribution < 1.29 is 27.5 Å². The van der Waals surface area contributed by atoms with Gasteiger partial charge in [0.05, 0.1) is 41.9 Å². The second kappa shape index (κ2) is 12.4. The molecule has 14 heteroatoms. The minimum absolute atomic E-state index is 0.0751. The Kier molecular flexibility index (Phi) is 8.86. The number of hydrogen-bond donors (Lipinski definition) is 1. The molecular formula is C32H32BrF3N6O4. The van der Waals surface area contributed by atoms with Crippen LogP contribution in [0.2, 0.25) is 0 Å². The van der Waals surface area contributed by atoms with Gasteiger partial charge < -0.3 is 15.0 Å². The lowest BCUT2D eigenvalue weighted by atomic mass is 9.98. The third-order valence-electron chi connectivity index (χ3n) is 7.98. The van der Waals surface area contributed by atoms with Crippen LogP contribution in [0.15, 0.2) is 51.7 Å². The van der Waals surface area contributed by atoms with E-state index in [2.05, 4.69) is 21.2 Å². The number of hydrogen-bond acceptors (Lipinski definition) is 6. The van der Waals surface area contributed by atoms with Crippen molar-refractivity contribution in [2.75, 3.05) is 14.2 Å². The SMILES string of the molecule is CNC(=O)c1ccc(-n2c(-n3nc(C(C)C)cc3C)nc3c(c2=O)C[C@@H](C)N(C(=O)c2ccc(Br)c(C(F)(F)F)c2)C3)cc1OC. The summed E-state index contributed by atoms with van der Waals surface area (Å²) in [4.78, 5) is 46.7. The largest absolute Gasteiger partial charge is 0.496 e. The van der Waals surface area contributed by atoms with Crippen LogP contribution in [0.25, 0.3) is 11.6 Å². The molecule has 0 aliphatic carbocycles. The highest BCUT2D eigenvalue weighted by Crippen LogP contribution is 2.36. The number of fused-ring (bicyclic) bond motifs is 1. The summed E-state index contributed by atoms with van der Waals surface area (Å²) in [5, 5.41) is 7.29. The van der Waals surface area contributed by atoms with E-state index in [1.165, 1.54) is 35.8 Å². The van der Waals surface area contributed by atoms with E-state index in [1.54, 1.807) is 29.8 Å². The molecule has 2 amide bonds. The first-order valence-electron chi connectivity index (χ1n) is 14.5. The average Bonchev–Trinajstić information content (AvgIpc) is 3.41. The number of nitrogens with zero attached hydrogens (tertiary/aromatic N) is 5. The lowest BCUT2D eigenvalue weighted by molar-refractivity contribution is -0.138. The number of carbonyl (C=O) groups excluding carboxylic acids is 2. The molecule has 0 fully saturated rings. The monoisotopic (exact) mass is 700 g/mol. The standard InChI is InChI=1S/C32H32BrF3N6O4/c1-16(2)25-12-18(4)42(39-25)31-38-26-15-40(29(44)19-7-10-24(33)23(13-19)32(34,35)36)17(3)11-22(26)30(45)41(31)20-8-9-21(28(43)37-5)27(14-20)46-6/h7-10,12-14,16-17H,11,15H2,1-6H3,(H,37,43)/t17-/m1/s1. The number of aromatic nitrogens is 4. The third-order valence-corrected chi connectivity index (χ3v) is 8.67. The summed E-state index contributed by atoms with van der Waals surface area (Å²) >= 11 is 2.92. The number of ether oxygens (including phenoxy) is 1. The van der Waals surface area contributed by atoms with Crippen molar-refractivity contribution in [2.24, 2.45) is 0 Å². The van der Waals surface area contributed by atoms with Gasteiger partial charge in [-0.25, -0.2) is 14.2 Å². The van der Waals surface area contributed by atoms with Gasteiger partial charge >= 0.3 is 6.18 Å². The first-order valence-corrected chi connectivity index (χ1v) is 15.3. The predicted octanol–water partition coefficient (Wildman–Crippen LogP) is 5.59. The van der Waals surface area contributed by atoms with Gasteiger partial charge in [-0.15, -0.1) is 0 Å². The molecule has 5 rings (SSSR count). The highest BCUT2D eigenvalue weighted by atomic mass is 79.9. The zero-order valence-electron chi connectivity index (χ0n) is 26.0. The van der Waals surface area contributed by atoms with Crippen molar-refractivity contribution in [3.8, 4) is 17.4 Å². The quantitative estimate of drug-likeness (QED) is 0.281. The van der Waals surface area contributed by atoms with E-state index in [-0.39, 0.29) is 52.1 Å². The highest BCUT2D eigenvalue weighted by molar-refractivity contribution is 9.10. The fourth-order valence-corrected chi connectivity index (χ4v) is 5.93. The molecule has 2 aromatic carbocycles. The number of benzene rings is 2. The van der Waals surface area contributed by atoms with Crippen LogP contribution in [0, 0.1) is 6.92 Å². The van der Waals surface area contributed by atoms with Crippen LogP contribution in [-0.2, 0) is 19.1 Å². The van der Waals surface area contributed by atoms with Gasteiger partial charge in [0.1, 0.15) is 5.75 Å². The Labute approximate surface area is 271 Å². The molecule has 242 valence electrons. The van der Waals surface area contributed by atoms with E-state index >= 15 is 0 Å². The maximum Gasteiger partial charge on any atom is 0.417 e. The number of carbonyl (C=O) groups is 2. The van der Waals surface area contributed by atoms with Gasteiger partial charge in [0, 0.05) is 40.4 Å². The minimum atomic E-state index is -4.66. The lowest BCUT2D eigenvalue weighted by Crippen LogP contribution is -2.46. The Balaban J connectivity index is 1.67. The first kappa shape index (κ1) is 32.9. The smallest absolute Gasteiger partial charge is 0.417 e. The van der Waals surface area contributed by atoms with Crippen molar-refractivity contribution in [1.82, 2.24) is 29.5 Å². The zero-order valence-corrected chi connectivity index (χ0v) is 27.6. The molecule has 1 aliphatic heterocycles. The first-order chi connectivity index (χ1) is 21.7. The van der Waals surface area contributed by atoms with Gasteiger partial charge in [-0.1, -0.05) is 29.8 Å². The highest BCUT2D eigenvalue weighted by Gasteiger charge is 2.36. The molecule has 0 saturated carbocycles. The predicted molar refractivity (Wildman–Crippen MR) is 168 cm³/mol. The molecule has 0 spiro atoms. The summed E-state index contributed by atoms with van der Waals surface area (Å²) in [6, 6.07) is 9.44. The van der Waals surface area contributed by atoms with Crippen molar-refractivity contribution in [3.05, 3.63) is 96.6 Å². The number of rotatable bonds is 6. The summed E-state index contributed by atoms with van der Waals surface area (Å²) in [5.74, 6) is -0.518. The fraction of sp³-hybridized carbons (Fsp3) is 0.344. The summed E-state index contributed by atoms with van der Waals surface area (Å²) in [5.41, 5.74) is 1.29. The van der Waals surface area contributed by atoms with Crippen LogP contribution in [0.5, 0.6) is 5.75 Å². The number of aryl methyl sites for hydroxylation is 1. The normalized spacial score (nSPS) is 14.8. The summed E-state index contributed by atoms with van der Waals surface area (Å²) in [6.07, 6.45) is -4.55. The van der Waals surface area contributed by atoms with E-state index in [0.717, 1.165) is 11.8 Å². The zero-order chi connectivity index (χ0) is 33.7. The van der Waals surface area contributed by atoms with Crippen LogP contribution in [0.4, 0.5) is 13.2 Å². The van der Waals surface area contributed by atoms with Crippen molar-refractivity contribution in [1.29, 1.82) is 0 Å². The molecule has 0 unspecified atom stereocenters. The third kappa shape index (κ3) is 5.93. The topological polar surface area (TPSA) is 111 Å². The number of amides is 2. The minimum Gasteiger partial charge on any atom is -0.496 e. The van der Waals surface area contributed by atoms with Crippen LogP contribution in [0.3, 0.4) is 0 Å². The molecule has 1 aliphatic rings. The van der Waals surface area contributed by atoms with E-state index in [1.807, 2.05) is 26.8 Å². The van der Waals surface area contributed by atoms with E-state index in [9.17, 15) is 27.6 Å². The Hall–Kier alpha value is -4.46. The second-order valence-corrected chi connectivity index (χ2v) is 12.3. The molecule has 1 N–H and O–H groups in total. The lowest BCUT2D eigenvalue weighted by Gasteiger charge is -2.34. The molecule has 4 aromatic rings. The molecule has 3 heterocycles. The maximum absolute atomic E-state index is 14.3. The van der Waals surface area contributed by atoms with E-state index in [0.29, 0.717) is 22.6 Å². The van der Waals surface area contributed by atoms with Crippen molar-refractivity contribution in [3.63, 3.8) is 0 Å². The molecule has 10 nitrogen and oxygen atoms in total. The molecule has 2 aromatic heterocycles. The molecule has 0 bridgehead atoms. The van der Waals surface area contributed by atoms with Crippen LogP contribution in [0.1, 0.15) is 75.6 Å². The van der Waals surface area contributed by atoms with Crippen LogP contribution >= 0.6 is 15.9 Å². The summed E-state index contributed by atoms with van der Waals surface area (Å²) in [6.45, 7) is 7.42. The second-order valence-electron chi connectivity index (χ2n) is 11.4. The van der Waals surface area contributed by atoms with Crippen molar-refractivity contribution in [2.45, 2.75) is 58.8 Å². The molecule has 0 radical (unpaired) electrons. The summed E-state index contributed by atoms with van der Waals surface area (Å²) < 4.78 is 49.1. The Morgan fingerprint density at radius 1 is 1.13 bits per heavy atom. The van der Waals surface area contributed by atoms with Gasteiger partial charge in [-0.05, 0) is 62.6 Å². The Morgan fingerprint density at radius 2 is 1.85 bits per heavy atom. The fourth-order valence-electron chi connectivity index (χ4n) is 5.46. The van der Waals surface area contributed by atoms with E-state index in [4.69, 9.17) is 14.8 Å². The van der Waals surface area contributed by atoms with Crippen LogP contribution < -0.4 is 15.6 Å². The number of methoxy groups -OCH3 is 1. The molecule has 1 atom stereocenters.